The highest BCUT2D eigenvalue weighted by atomic mass is 19.1. The molecule has 0 spiro atoms. The molecule has 26 heavy (non-hydrogen) atoms. The fourth-order valence-corrected chi connectivity index (χ4v) is 2.83. The highest BCUT2D eigenvalue weighted by Crippen LogP contribution is 2.31. The van der Waals surface area contributed by atoms with E-state index in [1.54, 1.807) is 0 Å². The summed E-state index contributed by atoms with van der Waals surface area (Å²) in [6.45, 7) is 0. The summed E-state index contributed by atoms with van der Waals surface area (Å²) in [6, 6.07) is 13.8. The van der Waals surface area contributed by atoms with Gasteiger partial charge in [0.05, 0.1) is 0 Å². The van der Waals surface area contributed by atoms with E-state index in [1.165, 1.54) is 23.8 Å². The lowest BCUT2D eigenvalue weighted by Crippen LogP contribution is -2.16. The van der Waals surface area contributed by atoms with Gasteiger partial charge in [-0.1, -0.05) is 30.3 Å². The molecule has 0 aliphatic rings. The maximum atomic E-state index is 13.5. The Morgan fingerprint density at radius 2 is 1.85 bits per heavy atom. The predicted octanol–water partition coefficient (Wildman–Crippen LogP) is 4.02. The van der Waals surface area contributed by atoms with Gasteiger partial charge < -0.3 is 15.5 Å². The SMILES string of the molecule is NC(=O)c1oc2ccc(F)cc2c1NC(=O)CCCCc1ccccc1. The smallest absolute Gasteiger partial charge is 0.286 e. The molecule has 134 valence electrons. The number of hydrogen-bond donors (Lipinski definition) is 2. The van der Waals surface area contributed by atoms with Crippen molar-refractivity contribution in [2.75, 3.05) is 5.32 Å². The quantitative estimate of drug-likeness (QED) is 0.628. The van der Waals surface area contributed by atoms with E-state index >= 15 is 0 Å². The molecule has 1 heterocycles. The highest BCUT2D eigenvalue weighted by molar-refractivity contribution is 6.10. The third-order valence-electron chi connectivity index (χ3n) is 4.10. The van der Waals surface area contributed by atoms with Crippen LogP contribution in [0.2, 0.25) is 0 Å². The molecule has 2 amide bonds. The predicted molar refractivity (Wildman–Crippen MR) is 97.3 cm³/mol. The molecule has 3 rings (SSSR count). The Balaban J connectivity index is 1.64. The summed E-state index contributed by atoms with van der Waals surface area (Å²) >= 11 is 0. The van der Waals surface area contributed by atoms with Gasteiger partial charge in [-0.15, -0.1) is 0 Å². The monoisotopic (exact) mass is 354 g/mol. The van der Waals surface area contributed by atoms with E-state index in [0.29, 0.717) is 17.4 Å². The van der Waals surface area contributed by atoms with Crippen LogP contribution < -0.4 is 11.1 Å². The number of carbonyl (C=O) groups excluding carboxylic acids is 2. The van der Waals surface area contributed by atoms with E-state index in [-0.39, 0.29) is 23.8 Å². The Morgan fingerprint density at radius 3 is 2.58 bits per heavy atom. The number of furan rings is 1. The van der Waals surface area contributed by atoms with Crippen LogP contribution in [0.3, 0.4) is 0 Å². The average molecular weight is 354 g/mol. The van der Waals surface area contributed by atoms with Crippen LogP contribution >= 0.6 is 0 Å². The molecule has 5 nitrogen and oxygen atoms in total. The number of benzene rings is 2. The van der Waals surface area contributed by atoms with Crippen molar-refractivity contribution in [2.45, 2.75) is 25.7 Å². The van der Waals surface area contributed by atoms with Gasteiger partial charge in [-0.25, -0.2) is 4.39 Å². The molecule has 0 unspecified atom stereocenters. The Kier molecular flexibility index (Phi) is 5.31. The minimum atomic E-state index is -0.819. The van der Waals surface area contributed by atoms with E-state index in [9.17, 15) is 14.0 Å². The normalized spacial score (nSPS) is 10.8. The standard InChI is InChI=1S/C20H19FN2O3/c21-14-10-11-16-15(12-14)18(19(26-16)20(22)25)23-17(24)9-5-4-8-13-6-2-1-3-7-13/h1-3,6-7,10-12H,4-5,8-9H2,(H2,22,25)(H,23,24). The van der Waals surface area contributed by atoms with Crippen molar-refractivity contribution in [3.8, 4) is 0 Å². The average Bonchev–Trinajstić information content (AvgIpc) is 2.98. The number of nitrogens with one attached hydrogen (secondary N) is 1. The first-order chi connectivity index (χ1) is 12.5. The van der Waals surface area contributed by atoms with Crippen molar-refractivity contribution in [3.05, 3.63) is 65.7 Å². The van der Waals surface area contributed by atoms with E-state index in [4.69, 9.17) is 10.2 Å². The summed E-state index contributed by atoms with van der Waals surface area (Å²) in [5.74, 6) is -1.76. The van der Waals surface area contributed by atoms with Crippen molar-refractivity contribution < 1.29 is 18.4 Å². The number of carbonyl (C=O) groups is 2. The maximum Gasteiger partial charge on any atom is 0.286 e. The first kappa shape index (κ1) is 17.7. The fourth-order valence-electron chi connectivity index (χ4n) is 2.83. The number of anilines is 1. The first-order valence-electron chi connectivity index (χ1n) is 8.40. The largest absolute Gasteiger partial charge is 0.449 e. The second kappa shape index (κ2) is 7.82. The molecule has 3 N–H and O–H groups in total. The zero-order valence-electron chi connectivity index (χ0n) is 14.1. The van der Waals surface area contributed by atoms with Crippen LogP contribution in [0.1, 0.15) is 35.4 Å². The number of hydrogen-bond acceptors (Lipinski definition) is 3. The number of rotatable bonds is 7. The van der Waals surface area contributed by atoms with E-state index < -0.39 is 11.7 Å². The van der Waals surface area contributed by atoms with Crippen LogP contribution in [0.25, 0.3) is 11.0 Å². The summed E-state index contributed by atoms with van der Waals surface area (Å²) in [4.78, 5) is 23.8. The second-order valence-corrected chi connectivity index (χ2v) is 6.05. The van der Waals surface area contributed by atoms with Crippen molar-refractivity contribution in [3.63, 3.8) is 0 Å². The molecular weight excluding hydrogens is 335 g/mol. The molecule has 1 aromatic heterocycles. The summed E-state index contributed by atoms with van der Waals surface area (Å²) in [7, 11) is 0. The molecule has 0 bridgehead atoms. The van der Waals surface area contributed by atoms with Crippen LogP contribution in [0.5, 0.6) is 0 Å². The van der Waals surface area contributed by atoms with Gasteiger partial charge in [0.25, 0.3) is 5.91 Å². The Morgan fingerprint density at radius 1 is 1.08 bits per heavy atom. The number of unbranched alkanes of at least 4 members (excludes halogenated alkanes) is 1. The number of primary amides is 1. The minimum Gasteiger partial charge on any atom is -0.449 e. The molecule has 6 heteroatoms. The topological polar surface area (TPSA) is 85.3 Å². The Labute approximate surface area is 150 Å². The first-order valence-corrected chi connectivity index (χ1v) is 8.40. The third kappa shape index (κ3) is 4.08. The third-order valence-corrected chi connectivity index (χ3v) is 4.10. The lowest BCUT2D eigenvalue weighted by atomic mass is 10.1. The molecule has 3 aromatic rings. The number of amides is 2. The number of halogens is 1. The molecule has 2 aromatic carbocycles. The van der Waals surface area contributed by atoms with Gasteiger partial charge in [0, 0.05) is 11.8 Å². The van der Waals surface area contributed by atoms with Gasteiger partial charge in [-0.05, 0) is 43.0 Å². The lowest BCUT2D eigenvalue weighted by molar-refractivity contribution is -0.116. The zero-order valence-corrected chi connectivity index (χ0v) is 14.1. The molecule has 0 fully saturated rings. The summed E-state index contributed by atoms with van der Waals surface area (Å²) in [5.41, 5.74) is 6.94. The van der Waals surface area contributed by atoms with Crippen LogP contribution in [-0.2, 0) is 11.2 Å². The van der Waals surface area contributed by atoms with Gasteiger partial charge in [-0.2, -0.15) is 0 Å². The van der Waals surface area contributed by atoms with Gasteiger partial charge in [-0.3, -0.25) is 9.59 Å². The Hall–Kier alpha value is -3.15. The molecule has 0 saturated heterocycles. The maximum absolute atomic E-state index is 13.5. The van der Waals surface area contributed by atoms with Gasteiger partial charge in [0.1, 0.15) is 17.1 Å². The molecule has 0 saturated carbocycles. The van der Waals surface area contributed by atoms with E-state index in [1.807, 2.05) is 30.3 Å². The van der Waals surface area contributed by atoms with Crippen molar-refractivity contribution >= 4 is 28.5 Å². The van der Waals surface area contributed by atoms with Crippen LogP contribution in [0.4, 0.5) is 10.1 Å². The number of nitrogens with two attached hydrogens (primary N) is 1. The lowest BCUT2D eigenvalue weighted by Gasteiger charge is -2.05. The van der Waals surface area contributed by atoms with Gasteiger partial charge >= 0.3 is 0 Å². The Bertz CT molecular complexity index is 935. The van der Waals surface area contributed by atoms with Crippen LogP contribution in [-0.4, -0.2) is 11.8 Å². The number of fused-ring (bicyclic) bond motifs is 1. The second-order valence-electron chi connectivity index (χ2n) is 6.05. The highest BCUT2D eigenvalue weighted by Gasteiger charge is 2.20. The van der Waals surface area contributed by atoms with Crippen molar-refractivity contribution in [1.29, 1.82) is 0 Å². The molecule has 0 aliphatic heterocycles. The summed E-state index contributed by atoms with van der Waals surface area (Å²) in [5, 5.41) is 2.96. The summed E-state index contributed by atoms with van der Waals surface area (Å²) in [6.07, 6.45) is 2.73. The number of aryl methyl sites for hydroxylation is 1. The minimum absolute atomic E-state index is 0.125. The molecule has 0 aliphatic carbocycles. The van der Waals surface area contributed by atoms with Crippen LogP contribution in [0, 0.1) is 5.82 Å². The van der Waals surface area contributed by atoms with Crippen molar-refractivity contribution in [2.24, 2.45) is 5.73 Å². The summed E-state index contributed by atoms with van der Waals surface area (Å²) < 4.78 is 18.8. The van der Waals surface area contributed by atoms with Gasteiger partial charge in [0.15, 0.2) is 0 Å². The molecule has 0 radical (unpaired) electrons. The fraction of sp³-hybridized carbons (Fsp3) is 0.200. The molecule has 0 atom stereocenters. The van der Waals surface area contributed by atoms with Crippen molar-refractivity contribution in [1.82, 2.24) is 0 Å². The van der Waals surface area contributed by atoms with Gasteiger partial charge in [0.2, 0.25) is 11.7 Å². The van der Waals surface area contributed by atoms with E-state index in [0.717, 1.165) is 12.8 Å². The van der Waals surface area contributed by atoms with E-state index in [2.05, 4.69) is 5.32 Å². The van der Waals surface area contributed by atoms with Crippen LogP contribution in [0.15, 0.2) is 52.9 Å². The zero-order chi connectivity index (χ0) is 18.5. The molecular formula is C20H19FN2O3.